The molecule has 0 spiro atoms. The summed E-state index contributed by atoms with van der Waals surface area (Å²) in [5.41, 5.74) is 0. The summed E-state index contributed by atoms with van der Waals surface area (Å²) in [4.78, 5) is 17.3. The van der Waals surface area contributed by atoms with Gasteiger partial charge in [-0.25, -0.2) is 0 Å². The van der Waals surface area contributed by atoms with Gasteiger partial charge in [-0.15, -0.1) is 35.7 Å². The van der Waals surface area contributed by atoms with Crippen molar-refractivity contribution in [3.8, 4) is 0 Å². The Hall–Kier alpha value is -0.960. The van der Waals surface area contributed by atoms with Crippen molar-refractivity contribution in [2.24, 2.45) is 10.9 Å². The van der Waals surface area contributed by atoms with E-state index in [4.69, 9.17) is 0 Å². The van der Waals surface area contributed by atoms with Crippen LogP contribution >= 0.6 is 35.7 Å². The van der Waals surface area contributed by atoms with Crippen LogP contribution in [0.2, 0.25) is 0 Å². The molecule has 134 valence electrons. The number of thioether (sulfide) groups is 1. The molecule has 5 nitrogen and oxygen atoms in total. The standard InChI is InChI=1S/C17H26N4OS.HI/c1-2-18-17(20-11-10-19-16(22)14-8-9-14)21-12-13-23-15-6-4-3-5-7-15;/h3-7,14H,2,8-13H2,1H3,(H,19,22)(H2,18,20,21);1H. The molecule has 7 heteroatoms. The average molecular weight is 462 g/mol. The minimum atomic E-state index is 0. The summed E-state index contributed by atoms with van der Waals surface area (Å²) in [5.74, 6) is 2.23. The van der Waals surface area contributed by atoms with Gasteiger partial charge in [0.15, 0.2) is 5.96 Å². The minimum absolute atomic E-state index is 0. The van der Waals surface area contributed by atoms with Crippen LogP contribution in [-0.4, -0.2) is 43.8 Å². The molecule has 1 aliphatic carbocycles. The zero-order valence-electron chi connectivity index (χ0n) is 14.1. The lowest BCUT2D eigenvalue weighted by atomic mass is 10.4. The Morgan fingerprint density at radius 1 is 1.17 bits per heavy atom. The fourth-order valence-electron chi connectivity index (χ4n) is 2.03. The molecule has 1 amide bonds. The van der Waals surface area contributed by atoms with Crippen molar-refractivity contribution >= 4 is 47.6 Å². The lowest BCUT2D eigenvalue weighted by Crippen LogP contribution is -2.39. The molecule has 1 aromatic rings. The van der Waals surface area contributed by atoms with E-state index in [1.165, 1.54) is 4.90 Å². The number of carbonyl (C=O) groups is 1. The molecule has 0 saturated heterocycles. The third kappa shape index (κ3) is 8.77. The normalized spacial score (nSPS) is 13.8. The molecule has 1 saturated carbocycles. The zero-order valence-corrected chi connectivity index (χ0v) is 17.2. The van der Waals surface area contributed by atoms with Gasteiger partial charge in [-0.3, -0.25) is 9.79 Å². The minimum Gasteiger partial charge on any atom is -0.357 e. The Kier molecular flexibility index (Phi) is 10.9. The lowest BCUT2D eigenvalue weighted by Gasteiger charge is -2.11. The summed E-state index contributed by atoms with van der Waals surface area (Å²) >= 11 is 1.82. The molecule has 0 heterocycles. The molecular formula is C17H27IN4OS. The maximum absolute atomic E-state index is 11.5. The van der Waals surface area contributed by atoms with Crippen LogP contribution in [-0.2, 0) is 4.79 Å². The SMILES string of the molecule is CCNC(=NCCNC(=O)C1CC1)NCCSc1ccccc1.I. The lowest BCUT2D eigenvalue weighted by molar-refractivity contribution is -0.122. The van der Waals surface area contributed by atoms with Crippen LogP contribution in [0.1, 0.15) is 19.8 Å². The Balaban J connectivity index is 0.00000288. The average Bonchev–Trinajstić information content (AvgIpc) is 3.41. The fraction of sp³-hybridized carbons (Fsp3) is 0.529. The van der Waals surface area contributed by atoms with Gasteiger partial charge in [0.1, 0.15) is 0 Å². The Bertz CT molecular complexity index is 509. The van der Waals surface area contributed by atoms with Gasteiger partial charge in [0.05, 0.1) is 6.54 Å². The van der Waals surface area contributed by atoms with Gasteiger partial charge in [-0.2, -0.15) is 0 Å². The van der Waals surface area contributed by atoms with Crippen LogP contribution < -0.4 is 16.0 Å². The molecular weight excluding hydrogens is 435 g/mol. The van der Waals surface area contributed by atoms with Crippen molar-refractivity contribution in [1.82, 2.24) is 16.0 Å². The Morgan fingerprint density at radius 3 is 2.58 bits per heavy atom. The second-order valence-electron chi connectivity index (χ2n) is 5.41. The van der Waals surface area contributed by atoms with Gasteiger partial charge in [-0.05, 0) is 31.9 Å². The van der Waals surface area contributed by atoms with E-state index in [1.807, 2.05) is 24.8 Å². The molecule has 1 aromatic carbocycles. The van der Waals surface area contributed by atoms with E-state index in [1.54, 1.807) is 0 Å². The van der Waals surface area contributed by atoms with Crippen LogP contribution in [0.3, 0.4) is 0 Å². The number of hydrogen-bond donors (Lipinski definition) is 3. The second-order valence-corrected chi connectivity index (χ2v) is 6.58. The van der Waals surface area contributed by atoms with E-state index in [9.17, 15) is 4.79 Å². The van der Waals surface area contributed by atoms with E-state index in [0.29, 0.717) is 13.1 Å². The highest BCUT2D eigenvalue weighted by molar-refractivity contribution is 14.0. The molecule has 1 fully saturated rings. The first-order valence-corrected chi connectivity index (χ1v) is 9.26. The van der Waals surface area contributed by atoms with Gasteiger partial charge in [0, 0.05) is 36.2 Å². The number of guanidine groups is 1. The molecule has 0 atom stereocenters. The van der Waals surface area contributed by atoms with Gasteiger partial charge in [0.25, 0.3) is 0 Å². The number of carbonyl (C=O) groups excluding carboxylic acids is 1. The Morgan fingerprint density at radius 2 is 1.92 bits per heavy atom. The highest BCUT2D eigenvalue weighted by atomic mass is 127. The second kappa shape index (κ2) is 12.4. The quantitative estimate of drug-likeness (QED) is 0.174. The molecule has 3 N–H and O–H groups in total. The largest absolute Gasteiger partial charge is 0.357 e. The van der Waals surface area contributed by atoms with Crippen molar-refractivity contribution in [3.05, 3.63) is 30.3 Å². The predicted molar refractivity (Wildman–Crippen MR) is 112 cm³/mol. The van der Waals surface area contributed by atoms with Crippen molar-refractivity contribution in [2.75, 3.05) is 31.9 Å². The van der Waals surface area contributed by atoms with Gasteiger partial charge in [0.2, 0.25) is 5.91 Å². The third-order valence-electron chi connectivity index (χ3n) is 3.38. The topological polar surface area (TPSA) is 65.5 Å². The van der Waals surface area contributed by atoms with Crippen molar-refractivity contribution in [1.29, 1.82) is 0 Å². The Labute approximate surface area is 165 Å². The smallest absolute Gasteiger partial charge is 0.223 e. The van der Waals surface area contributed by atoms with E-state index in [2.05, 4.69) is 45.2 Å². The van der Waals surface area contributed by atoms with Crippen LogP contribution in [0, 0.1) is 5.92 Å². The van der Waals surface area contributed by atoms with Crippen LogP contribution in [0.25, 0.3) is 0 Å². The first-order valence-electron chi connectivity index (χ1n) is 8.27. The summed E-state index contributed by atoms with van der Waals surface area (Å²) < 4.78 is 0. The molecule has 1 aliphatic rings. The van der Waals surface area contributed by atoms with Crippen molar-refractivity contribution in [2.45, 2.75) is 24.7 Å². The van der Waals surface area contributed by atoms with Crippen molar-refractivity contribution in [3.63, 3.8) is 0 Å². The molecule has 2 rings (SSSR count). The zero-order chi connectivity index (χ0) is 16.3. The van der Waals surface area contributed by atoms with Gasteiger partial charge in [-0.1, -0.05) is 18.2 Å². The van der Waals surface area contributed by atoms with Gasteiger partial charge >= 0.3 is 0 Å². The number of nitrogens with zero attached hydrogens (tertiary/aromatic N) is 1. The van der Waals surface area contributed by atoms with E-state index >= 15 is 0 Å². The van der Waals surface area contributed by atoms with Crippen LogP contribution in [0.5, 0.6) is 0 Å². The number of halogens is 1. The number of rotatable bonds is 9. The number of hydrogen-bond acceptors (Lipinski definition) is 3. The molecule has 0 aromatic heterocycles. The maximum atomic E-state index is 11.5. The van der Waals surface area contributed by atoms with E-state index in [0.717, 1.165) is 37.6 Å². The van der Waals surface area contributed by atoms with Crippen molar-refractivity contribution < 1.29 is 4.79 Å². The fourth-order valence-corrected chi connectivity index (χ4v) is 2.82. The van der Waals surface area contributed by atoms with Gasteiger partial charge < -0.3 is 16.0 Å². The summed E-state index contributed by atoms with van der Waals surface area (Å²) in [7, 11) is 0. The van der Waals surface area contributed by atoms with E-state index in [-0.39, 0.29) is 35.8 Å². The van der Waals surface area contributed by atoms with Crippen LogP contribution in [0.4, 0.5) is 0 Å². The number of nitrogens with one attached hydrogen (secondary N) is 3. The third-order valence-corrected chi connectivity index (χ3v) is 4.39. The molecule has 0 bridgehead atoms. The highest BCUT2D eigenvalue weighted by Gasteiger charge is 2.28. The first kappa shape index (κ1) is 21.1. The first-order chi connectivity index (χ1) is 11.3. The molecule has 24 heavy (non-hydrogen) atoms. The van der Waals surface area contributed by atoms with E-state index < -0.39 is 0 Å². The predicted octanol–water partition coefficient (Wildman–Crippen LogP) is 2.48. The number of amides is 1. The summed E-state index contributed by atoms with van der Waals surface area (Å²) in [6, 6.07) is 10.4. The molecule has 0 aliphatic heterocycles. The summed E-state index contributed by atoms with van der Waals surface area (Å²) in [5, 5.41) is 9.47. The molecule has 0 radical (unpaired) electrons. The summed E-state index contributed by atoms with van der Waals surface area (Å²) in [6.45, 7) is 4.92. The van der Waals surface area contributed by atoms with Crippen LogP contribution in [0.15, 0.2) is 40.2 Å². The monoisotopic (exact) mass is 462 g/mol. The number of aliphatic imine (C=N–C) groups is 1. The number of benzene rings is 1. The highest BCUT2D eigenvalue weighted by Crippen LogP contribution is 2.28. The summed E-state index contributed by atoms with van der Waals surface area (Å²) in [6.07, 6.45) is 2.08. The maximum Gasteiger partial charge on any atom is 0.223 e. The molecule has 0 unspecified atom stereocenters.